The Labute approximate surface area is 72.4 Å². The number of halogens is 1. The molecular weight excluding hydrogens is 188 g/mol. The molecular formula is C6H5ClOS2. The molecule has 1 nitrogen and oxygen atoms in total. The molecule has 0 aliphatic heterocycles. The van der Waals surface area contributed by atoms with Crippen LogP contribution in [0.4, 0.5) is 0 Å². The molecule has 0 aromatic carbocycles. The van der Waals surface area contributed by atoms with Gasteiger partial charge in [-0.2, -0.15) is 0 Å². The fourth-order valence-electron chi connectivity index (χ4n) is 0.473. The van der Waals surface area contributed by atoms with E-state index in [4.69, 9.17) is 11.6 Å². The zero-order valence-corrected chi connectivity index (χ0v) is 7.43. The van der Waals surface area contributed by atoms with Crippen LogP contribution in [-0.2, 0) is 4.79 Å². The number of hydrogen-bond donors (Lipinski definition) is 0. The summed E-state index contributed by atoms with van der Waals surface area (Å²) >= 11 is 8.23. The van der Waals surface area contributed by atoms with E-state index < -0.39 is 0 Å². The summed E-state index contributed by atoms with van der Waals surface area (Å²) in [4.78, 5) is 10.3. The first kappa shape index (κ1) is 8.11. The van der Waals surface area contributed by atoms with Crippen molar-refractivity contribution in [3.8, 4) is 0 Å². The molecule has 1 aromatic heterocycles. The quantitative estimate of drug-likeness (QED) is 0.541. The third-order valence-corrected chi connectivity index (χ3v) is 3.25. The maximum Gasteiger partial charge on any atom is 0.231 e. The van der Waals surface area contributed by atoms with Crippen LogP contribution in [0, 0.1) is 0 Å². The Balaban J connectivity index is 2.35. The highest BCUT2D eigenvalue weighted by atomic mass is 35.5. The predicted molar refractivity (Wildman–Crippen MR) is 45.9 cm³/mol. The topological polar surface area (TPSA) is 17.1 Å². The predicted octanol–water partition coefficient (Wildman–Crippen LogP) is 2.61. The van der Waals surface area contributed by atoms with E-state index in [1.165, 1.54) is 11.8 Å². The molecule has 0 unspecified atom stereocenters. The van der Waals surface area contributed by atoms with Crippen molar-refractivity contribution in [2.24, 2.45) is 0 Å². The molecule has 1 rings (SSSR count). The second-order valence-electron chi connectivity index (χ2n) is 1.58. The van der Waals surface area contributed by atoms with Gasteiger partial charge in [-0.15, -0.1) is 23.1 Å². The van der Waals surface area contributed by atoms with E-state index in [0.29, 0.717) is 5.75 Å². The molecule has 0 atom stereocenters. The van der Waals surface area contributed by atoms with Crippen molar-refractivity contribution in [3.05, 3.63) is 17.5 Å². The molecule has 0 radical (unpaired) electrons. The highest BCUT2D eigenvalue weighted by Crippen LogP contribution is 2.23. The molecule has 0 saturated heterocycles. The fourth-order valence-corrected chi connectivity index (χ4v) is 2.13. The maximum absolute atomic E-state index is 10.3. The van der Waals surface area contributed by atoms with Gasteiger partial charge in [0.2, 0.25) is 5.24 Å². The Kier molecular flexibility index (Phi) is 3.25. The zero-order chi connectivity index (χ0) is 7.40. The first-order chi connectivity index (χ1) is 4.79. The van der Waals surface area contributed by atoms with Crippen LogP contribution in [-0.4, -0.2) is 11.0 Å². The molecule has 10 heavy (non-hydrogen) atoms. The van der Waals surface area contributed by atoms with Crippen LogP contribution >= 0.6 is 34.7 Å². The van der Waals surface area contributed by atoms with E-state index in [-0.39, 0.29) is 5.24 Å². The Hall–Kier alpha value is 0.01000. The van der Waals surface area contributed by atoms with E-state index in [1.54, 1.807) is 11.3 Å². The van der Waals surface area contributed by atoms with Crippen molar-refractivity contribution in [3.63, 3.8) is 0 Å². The molecule has 0 aliphatic carbocycles. The standard InChI is InChI=1S/C6H5ClOS2/c7-5(8)4-10-6-2-1-3-9-6/h1-3H,4H2. The summed E-state index contributed by atoms with van der Waals surface area (Å²) < 4.78 is 1.13. The molecule has 0 fully saturated rings. The van der Waals surface area contributed by atoms with Crippen molar-refractivity contribution in [1.82, 2.24) is 0 Å². The first-order valence-corrected chi connectivity index (χ1v) is 4.88. The summed E-state index contributed by atoms with van der Waals surface area (Å²) in [6.07, 6.45) is 0. The molecule has 1 aromatic rings. The number of thiophene rings is 1. The lowest BCUT2D eigenvalue weighted by Gasteiger charge is -1.88. The minimum atomic E-state index is -0.293. The van der Waals surface area contributed by atoms with Gasteiger partial charge in [0, 0.05) is 0 Å². The second-order valence-corrected chi connectivity index (χ2v) is 4.22. The maximum atomic E-state index is 10.3. The molecule has 0 spiro atoms. The minimum Gasteiger partial charge on any atom is -0.280 e. The van der Waals surface area contributed by atoms with Gasteiger partial charge in [0.25, 0.3) is 0 Å². The highest BCUT2D eigenvalue weighted by molar-refractivity contribution is 8.01. The second kappa shape index (κ2) is 4.01. The summed E-state index contributed by atoms with van der Waals surface area (Å²) in [6.45, 7) is 0. The summed E-state index contributed by atoms with van der Waals surface area (Å²) in [7, 11) is 0. The van der Waals surface area contributed by atoms with E-state index in [2.05, 4.69) is 0 Å². The average Bonchev–Trinajstić information content (AvgIpc) is 2.34. The largest absolute Gasteiger partial charge is 0.280 e. The van der Waals surface area contributed by atoms with Crippen LogP contribution in [0.15, 0.2) is 21.7 Å². The summed E-state index contributed by atoms with van der Waals surface area (Å²) in [6, 6.07) is 3.92. The van der Waals surface area contributed by atoms with Crippen molar-refractivity contribution < 1.29 is 4.79 Å². The molecule has 0 amide bonds. The number of thioether (sulfide) groups is 1. The Morgan fingerprint density at radius 1 is 1.80 bits per heavy atom. The first-order valence-electron chi connectivity index (χ1n) is 2.63. The third-order valence-electron chi connectivity index (χ3n) is 0.823. The van der Waals surface area contributed by atoms with Gasteiger partial charge in [0.1, 0.15) is 0 Å². The van der Waals surface area contributed by atoms with E-state index in [1.807, 2.05) is 17.5 Å². The smallest absolute Gasteiger partial charge is 0.231 e. The molecule has 0 N–H and O–H groups in total. The molecule has 54 valence electrons. The Morgan fingerprint density at radius 3 is 3.10 bits per heavy atom. The molecule has 0 bridgehead atoms. The van der Waals surface area contributed by atoms with Crippen molar-refractivity contribution in [2.75, 3.05) is 5.75 Å². The summed E-state index contributed by atoms with van der Waals surface area (Å²) in [5.74, 6) is 0.363. The van der Waals surface area contributed by atoms with E-state index in [0.717, 1.165) is 4.21 Å². The Bertz CT molecular complexity index is 208. The van der Waals surface area contributed by atoms with Gasteiger partial charge in [-0.25, -0.2) is 0 Å². The molecule has 0 saturated carbocycles. The van der Waals surface area contributed by atoms with Crippen molar-refractivity contribution in [1.29, 1.82) is 0 Å². The lowest BCUT2D eigenvalue weighted by atomic mass is 10.7. The average molecular weight is 193 g/mol. The van der Waals surface area contributed by atoms with Gasteiger partial charge in [-0.05, 0) is 23.0 Å². The SMILES string of the molecule is O=C(Cl)CSc1cccs1. The van der Waals surface area contributed by atoms with Crippen LogP contribution in [0.25, 0.3) is 0 Å². The fraction of sp³-hybridized carbons (Fsp3) is 0.167. The van der Waals surface area contributed by atoms with Gasteiger partial charge in [-0.1, -0.05) is 6.07 Å². The number of carbonyl (C=O) groups is 1. The van der Waals surface area contributed by atoms with Crippen LogP contribution in [0.1, 0.15) is 0 Å². The lowest BCUT2D eigenvalue weighted by Crippen LogP contribution is -1.87. The van der Waals surface area contributed by atoms with Gasteiger partial charge >= 0.3 is 0 Å². The van der Waals surface area contributed by atoms with Crippen LogP contribution < -0.4 is 0 Å². The number of hydrogen-bond acceptors (Lipinski definition) is 3. The van der Waals surface area contributed by atoms with Gasteiger partial charge in [0.05, 0.1) is 9.96 Å². The van der Waals surface area contributed by atoms with E-state index in [9.17, 15) is 4.79 Å². The van der Waals surface area contributed by atoms with E-state index >= 15 is 0 Å². The minimum absolute atomic E-state index is 0.293. The lowest BCUT2D eigenvalue weighted by molar-refractivity contribution is -0.109. The summed E-state index contributed by atoms with van der Waals surface area (Å²) in [5.41, 5.74) is 0. The summed E-state index contributed by atoms with van der Waals surface area (Å²) in [5, 5.41) is 1.68. The Morgan fingerprint density at radius 2 is 2.60 bits per heavy atom. The van der Waals surface area contributed by atoms with Crippen LogP contribution in [0.5, 0.6) is 0 Å². The highest BCUT2D eigenvalue weighted by Gasteiger charge is 1.98. The van der Waals surface area contributed by atoms with Crippen molar-refractivity contribution >= 4 is 39.9 Å². The van der Waals surface area contributed by atoms with Gasteiger partial charge < -0.3 is 0 Å². The van der Waals surface area contributed by atoms with Crippen LogP contribution in [0.3, 0.4) is 0 Å². The third kappa shape index (κ3) is 2.73. The monoisotopic (exact) mass is 192 g/mol. The number of rotatable bonds is 3. The van der Waals surface area contributed by atoms with Gasteiger partial charge in [0.15, 0.2) is 0 Å². The van der Waals surface area contributed by atoms with Gasteiger partial charge in [-0.3, -0.25) is 4.79 Å². The van der Waals surface area contributed by atoms with Crippen molar-refractivity contribution in [2.45, 2.75) is 4.21 Å². The molecule has 4 heteroatoms. The zero-order valence-electron chi connectivity index (χ0n) is 5.04. The molecule has 1 heterocycles. The van der Waals surface area contributed by atoms with Crippen LogP contribution in [0.2, 0.25) is 0 Å². The number of carbonyl (C=O) groups excluding carboxylic acids is 1. The molecule has 0 aliphatic rings. The normalized spacial score (nSPS) is 9.70.